The highest BCUT2D eigenvalue weighted by atomic mass is 32.2. The Balaban J connectivity index is 2.68. The van der Waals surface area contributed by atoms with E-state index in [4.69, 9.17) is 0 Å². The lowest BCUT2D eigenvalue weighted by Gasteiger charge is -2.13. The third-order valence-electron chi connectivity index (χ3n) is 0.926. The van der Waals surface area contributed by atoms with Crippen molar-refractivity contribution in [3.05, 3.63) is 11.8 Å². The van der Waals surface area contributed by atoms with Crippen molar-refractivity contribution in [3.8, 4) is 0 Å². The van der Waals surface area contributed by atoms with Crippen molar-refractivity contribution in [1.82, 2.24) is 9.44 Å². The summed E-state index contributed by atoms with van der Waals surface area (Å²) in [5.74, 6) is -0.285. The van der Waals surface area contributed by atoms with E-state index in [0.717, 1.165) is 0 Å². The summed E-state index contributed by atoms with van der Waals surface area (Å²) in [4.78, 5) is 10.6. The van der Waals surface area contributed by atoms with Crippen LogP contribution in [0.4, 0.5) is 0 Å². The molecule has 1 aliphatic heterocycles. The van der Waals surface area contributed by atoms with Gasteiger partial charge in [0.1, 0.15) is 0 Å². The van der Waals surface area contributed by atoms with Crippen LogP contribution >= 0.6 is 0 Å². The van der Waals surface area contributed by atoms with Gasteiger partial charge >= 0.3 is 0 Å². The van der Waals surface area contributed by atoms with Crippen molar-refractivity contribution in [1.29, 1.82) is 0 Å². The van der Waals surface area contributed by atoms with E-state index in [-0.39, 0.29) is 5.91 Å². The number of hydrogen-bond donors (Lipinski definition) is 2. The number of carbonyl (C=O) groups is 1. The van der Waals surface area contributed by atoms with E-state index in [1.807, 2.05) is 0 Å². The van der Waals surface area contributed by atoms with E-state index in [2.05, 4.69) is 9.44 Å². The quantitative estimate of drug-likeness (QED) is 0.439. The van der Waals surface area contributed by atoms with E-state index in [9.17, 15) is 9.35 Å². The summed E-state index contributed by atoms with van der Waals surface area (Å²) in [5.41, 5.74) is 0.537. The molecule has 1 aliphatic rings. The van der Waals surface area contributed by atoms with Crippen LogP contribution in [0, 0.1) is 0 Å². The van der Waals surface area contributed by atoms with E-state index < -0.39 is 11.5 Å². The summed E-state index contributed by atoms with van der Waals surface area (Å²) in [6.07, 6.45) is 1.43. The Morgan fingerprint density at radius 3 is 2.89 bits per heavy atom. The lowest BCUT2D eigenvalue weighted by atomic mass is 10.3. The smallest absolute Gasteiger partial charge is 0.291 e. The normalized spacial score (nSPS) is 26.2. The minimum atomic E-state index is -1.42. The molecule has 0 aliphatic carbocycles. The SMILES string of the molecule is CC1=CN[S+]([O-])NC1=O. The van der Waals surface area contributed by atoms with Crippen LogP contribution in [0.3, 0.4) is 0 Å². The van der Waals surface area contributed by atoms with Crippen LogP contribution in [0.5, 0.6) is 0 Å². The minimum absolute atomic E-state index is 0.285. The Labute approximate surface area is 55.8 Å². The fourth-order valence-electron chi connectivity index (χ4n) is 0.402. The van der Waals surface area contributed by atoms with Gasteiger partial charge in [-0.25, -0.2) is 0 Å². The maximum Gasteiger partial charge on any atom is 0.291 e. The highest BCUT2D eigenvalue weighted by molar-refractivity contribution is 7.88. The molecular weight excluding hydrogens is 140 g/mol. The van der Waals surface area contributed by atoms with E-state index in [1.54, 1.807) is 6.92 Å². The molecule has 5 heteroatoms. The van der Waals surface area contributed by atoms with Crippen LogP contribution in [-0.2, 0) is 16.3 Å². The molecule has 0 aromatic carbocycles. The van der Waals surface area contributed by atoms with Gasteiger partial charge in [-0.2, -0.15) is 4.72 Å². The molecule has 0 radical (unpaired) electrons. The highest BCUT2D eigenvalue weighted by Gasteiger charge is 2.17. The molecule has 1 unspecified atom stereocenters. The van der Waals surface area contributed by atoms with Crippen molar-refractivity contribution >= 4 is 17.5 Å². The van der Waals surface area contributed by atoms with Crippen LogP contribution in [0.2, 0.25) is 0 Å². The second-order valence-corrected chi connectivity index (χ2v) is 2.62. The summed E-state index contributed by atoms with van der Waals surface area (Å²) in [6.45, 7) is 1.64. The lowest BCUT2D eigenvalue weighted by molar-refractivity contribution is -0.115. The van der Waals surface area contributed by atoms with E-state index in [1.165, 1.54) is 6.20 Å². The van der Waals surface area contributed by atoms with Gasteiger partial charge < -0.3 is 4.55 Å². The summed E-state index contributed by atoms with van der Waals surface area (Å²) in [6, 6.07) is 0. The van der Waals surface area contributed by atoms with Gasteiger partial charge in [0.05, 0.1) is 6.20 Å². The molecule has 1 amide bonds. The molecule has 0 spiro atoms. The van der Waals surface area contributed by atoms with Crippen LogP contribution in [-0.4, -0.2) is 10.5 Å². The van der Waals surface area contributed by atoms with Crippen molar-refractivity contribution in [2.24, 2.45) is 0 Å². The van der Waals surface area contributed by atoms with Crippen molar-refractivity contribution in [3.63, 3.8) is 0 Å². The van der Waals surface area contributed by atoms with Gasteiger partial charge in [-0.1, -0.05) is 0 Å². The first-order valence-electron chi connectivity index (χ1n) is 2.36. The average Bonchev–Trinajstić information content (AvgIpc) is 1.80. The molecule has 1 heterocycles. The van der Waals surface area contributed by atoms with Gasteiger partial charge in [0.15, 0.2) is 11.5 Å². The summed E-state index contributed by atoms with van der Waals surface area (Å²) < 4.78 is 15.1. The fourth-order valence-corrected chi connectivity index (χ4v) is 1.07. The molecule has 2 N–H and O–H groups in total. The molecule has 0 saturated carbocycles. The van der Waals surface area contributed by atoms with Gasteiger partial charge in [0, 0.05) is 5.57 Å². The van der Waals surface area contributed by atoms with Gasteiger partial charge in [-0.05, 0) is 6.92 Å². The maximum atomic E-state index is 10.6. The van der Waals surface area contributed by atoms with Gasteiger partial charge in [0.2, 0.25) is 0 Å². The van der Waals surface area contributed by atoms with Crippen LogP contribution in [0.1, 0.15) is 6.92 Å². The second kappa shape index (κ2) is 2.28. The number of nitrogens with one attached hydrogen (secondary N) is 2. The molecule has 0 aromatic heterocycles. The van der Waals surface area contributed by atoms with E-state index in [0.29, 0.717) is 5.57 Å². The lowest BCUT2D eigenvalue weighted by Crippen LogP contribution is -2.42. The van der Waals surface area contributed by atoms with Gasteiger partial charge in [-0.3, -0.25) is 4.79 Å². The molecule has 0 fully saturated rings. The first kappa shape index (κ1) is 6.44. The standard InChI is InChI=1S/C4H6N2O2S/c1-3-2-5-9(8)6-4(3)7/h2,5H,1H3,(H,6,7). The third-order valence-corrected chi connectivity index (χ3v) is 1.63. The minimum Gasteiger partial charge on any atom is -0.568 e. The first-order chi connectivity index (χ1) is 4.20. The van der Waals surface area contributed by atoms with Gasteiger partial charge in [0.25, 0.3) is 5.91 Å². The number of hydrogen-bond acceptors (Lipinski definition) is 3. The van der Waals surface area contributed by atoms with Crippen LogP contribution in [0.15, 0.2) is 11.8 Å². The largest absolute Gasteiger partial charge is 0.568 e. The molecule has 50 valence electrons. The predicted octanol–water partition coefficient (Wildman–Crippen LogP) is -0.812. The third kappa shape index (κ3) is 1.36. The van der Waals surface area contributed by atoms with Gasteiger partial charge in [-0.15, -0.1) is 4.72 Å². The first-order valence-corrected chi connectivity index (χ1v) is 3.51. The zero-order chi connectivity index (χ0) is 6.85. The Hall–Kier alpha value is -0.680. The van der Waals surface area contributed by atoms with Crippen LogP contribution in [0.25, 0.3) is 0 Å². The Kier molecular flexibility index (Phi) is 1.63. The number of amides is 1. The predicted molar refractivity (Wildman–Crippen MR) is 33.2 cm³/mol. The van der Waals surface area contributed by atoms with E-state index >= 15 is 0 Å². The molecule has 4 nitrogen and oxygen atoms in total. The molecular formula is C4H6N2O2S. The van der Waals surface area contributed by atoms with Crippen LogP contribution < -0.4 is 9.44 Å². The fraction of sp³-hybridized carbons (Fsp3) is 0.250. The number of rotatable bonds is 0. The monoisotopic (exact) mass is 146 g/mol. The zero-order valence-corrected chi connectivity index (χ0v) is 5.62. The zero-order valence-electron chi connectivity index (χ0n) is 4.80. The maximum absolute atomic E-state index is 10.6. The molecule has 1 rings (SSSR count). The Morgan fingerprint density at radius 2 is 2.44 bits per heavy atom. The summed E-state index contributed by atoms with van der Waals surface area (Å²) in [7, 11) is 0. The number of carbonyl (C=O) groups excluding carboxylic acids is 1. The average molecular weight is 146 g/mol. The Bertz CT molecular complexity index is 168. The summed E-state index contributed by atoms with van der Waals surface area (Å²) >= 11 is -1.42. The molecule has 9 heavy (non-hydrogen) atoms. The molecule has 0 saturated heterocycles. The second-order valence-electron chi connectivity index (χ2n) is 1.65. The molecule has 1 atom stereocenters. The Morgan fingerprint density at radius 1 is 1.78 bits per heavy atom. The summed E-state index contributed by atoms with van der Waals surface area (Å²) in [5, 5.41) is 0. The molecule has 0 bridgehead atoms. The van der Waals surface area contributed by atoms with Crippen molar-refractivity contribution in [2.75, 3.05) is 0 Å². The molecule has 0 aromatic rings. The topological polar surface area (TPSA) is 64.2 Å². The van der Waals surface area contributed by atoms with Crippen molar-refractivity contribution in [2.45, 2.75) is 6.92 Å². The van der Waals surface area contributed by atoms with Crippen molar-refractivity contribution < 1.29 is 9.35 Å². The highest BCUT2D eigenvalue weighted by Crippen LogP contribution is 1.97.